The van der Waals surface area contributed by atoms with Crippen molar-refractivity contribution in [2.24, 2.45) is 7.05 Å². The number of amides is 1. The van der Waals surface area contributed by atoms with E-state index in [-0.39, 0.29) is 5.56 Å². The van der Waals surface area contributed by atoms with Gasteiger partial charge in [0.1, 0.15) is 5.82 Å². The molecule has 4 nitrogen and oxygen atoms in total. The first kappa shape index (κ1) is 14.9. The lowest BCUT2D eigenvalue weighted by Crippen LogP contribution is -2.14. The van der Waals surface area contributed by atoms with Gasteiger partial charge in [-0.05, 0) is 19.1 Å². The third-order valence-corrected chi connectivity index (χ3v) is 2.31. The maximum absolute atomic E-state index is 13.4. The summed E-state index contributed by atoms with van der Waals surface area (Å²) in [5.74, 6) is -0.632. The van der Waals surface area contributed by atoms with Crippen LogP contribution in [0.5, 0.6) is 0 Å². The van der Waals surface area contributed by atoms with Gasteiger partial charge < -0.3 is 9.88 Å². The molecule has 0 fully saturated rings. The van der Waals surface area contributed by atoms with E-state index in [9.17, 15) is 9.18 Å². The first-order valence-electron chi connectivity index (χ1n) is 6.12. The number of carbonyl (C=O) groups excluding carboxylic acids is 1. The van der Waals surface area contributed by atoms with Gasteiger partial charge in [0.25, 0.3) is 5.91 Å². The number of aryl methyl sites for hydroxylation is 2. The summed E-state index contributed by atoms with van der Waals surface area (Å²) in [4.78, 5) is 15.7. The van der Waals surface area contributed by atoms with Gasteiger partial charge in [0.15, 0.2) is 5.82 Å². The fourth-order valence-electron chi connectivity index (χ4n) is 1.47. The van der Waals surface area contributed by atoms with Gasteiger partial charge in [-0.15, -0.1) is 0 Å². The quantitative estimate of drug-likeness (QED) is 0.904. The SMILES string of the molecule is CC.Cc1ccc(F)c(C(=O)Nc2cn(C)cn2)c1. The van der Waals surface area contributed by atoms with Gasteiger partial charge >= 0.3 is 0 Å². The first-order valence-corrected chi connectivity index (χ1v) is 6.12. The van der Waals surface area contributed by atoms with Crippen molar-refractivity contribution in [2.75, 3.05) is 5.32 Å². The summed E-state index contributed by atoms with van der Waals surface area (Å²) < 4.78 is 15.1. The van der Waals surface area contributed by atoms with Crippen LogP contribution in [0.25, 0.3) is 0 Å². The summed E-state index contributed by atoms with van der Waals surface area (Å²) in [7, 11) is 1.79. The molecule has 0 spiro atoms. The number of aromatic nitrogens is 2. The Morgan fingerprint density at radius 2 is 2.05 bits per heavy atom. The predicted molar refractivity (Wildman–Crippen MR) is 73.6 cm³/mol. The van der Waals surface area contributed by atoms with Crippen LogP contribution in [0.2, 0.25) is 0 Å². The zero-order chi connectivity index (χ0) is 14.4. The Hall–Kier alpha value is -2.17. The molecule has 2 aromatic rings. The second kappa shape index (κ2) is 6.68. The van der Waals surface area contributed by atoms with Crippen molar-refractivity contribution in [3.05, 3.63) is 47.7 Å². The van der Waals surface area contributed by atoms with Gasteiger partial charge in [-0.1, -0.05) is 25.5 Å². The monoisotopic (exact) mass is 263 g/mol. The number of nitrogens with zero attached hydrogens (tertiary/aromatic N) is 2. The first-order chi connectivity index (χ1) is 9.06. The number of halogens is 1. The van der Waals surface area contributed by atoms with Crippen molar-refractivity contribution in [2.45, 2.75) is 20.8 Å². The summed E-state index contributed by atoms with van der Waals surface area (Å²) in [5.41, 5.74) is 0.855. The summed E-state index contributed by atoms with van der Waals surface area (Å²) >= 11 is 0. The zero-order valence-electron chi connectivity index (χ0n) is 11.6. The molecule has 5 heteroatoms. The fraction of sp³-hybridized carbons (Fsp3) is 0.286. The molecule has 0 saturated carbocycles. The number of imidazole rings is 1. The second-order valence-electron chi connectivity index (χ2n) is 3.86. The molecule has 0 atom stereocenters. The van der Waals surface area contributed by atoms with Crippen molar-refractivity contribution in [3.8, 4) is 0 Å². The molecule has 1 aromatic carbocycles. The molecule has 0 unspecified atom stereocenters. The predicted octanol–water partition coefficient (Wildman–Crippen LogP) is 3.15. The van der Waals surface area contributed by atoms with Crippen LogP contribution in [0.3, 0.4) is 0 Å². The molecule has 0 radical (unpaired) electrons. The number of benzene rings is 1. The average molecular weight is 263 g/mol. The molecular formula is C14H18FN3O. The lowest BCUT2D eigenvalue weighted by molar-refractivity contribution is 0.102. The average Bonchev–Trinajstić information content (AvgIpc) is 2.80. The molecule has 1 amide bonds. The van der Waals surface area contributed by atoms with E-state index in [1.807, 2.05) is 13.8 Å². The number of anilines is 1. The smallest absolute Gasteiger partial charge is 0.259 e. The Morgan fingerprint density at radius 1 is 1.37 bits per heavy atom. The van der Waals surface area contributed by atoms with E-state index in [0.717, 1.165) is 5.56 Å². The Bertz CT molecular complexity index is 564. The minimum Gasteiger partial charge on any atom is -0.338 e. The molecule has 0 aliphatic rings. The molecule has 1 N–H and O–H groups in total. The van der Waals surface area contributed by atoms with E-state index >= 15 is 0 Å². The standard InChI is InChI=1S/C12H12FN3O.C2H6/c1-8-3-4-10(13)9(5-8)12(17)15-11-6-16(2)7-14-11;1-2/h3-7H,1-2H3,(H,15,17);1-2H3. The molecule has 2 rings (SSSR count). The van der Waals surface area contributed by atoms with Crippen LogP contribution in [-0.2, 0) is 7.05 Å². The van der Waals surface area contributed by atoms with E-state index in [4.69, 9.17) is 0 Å². The molecule has 1 heterocycles. The van der Waals surface area contributed by atoms with Crippen LogP contribution in [0.1, 0.15) is 29.8 Å². The van der Waals surface area contributed by atoms with Crippen LogP contribution in [0.4, 0.5) is 10.2 Å². The summed E-state index contributed by atoms with van der Waals surface area (Å²) in [6, 6.07) is 4.41. The normalized spacial score (nSPS) is 9.53. The molecule has 0 aliphatic heterocycles. The van der Waals surface area contributed by atoms with Crippen LogP contribution in [0.15, 0.2) is 30.7 Å². The molecule has 19 heavy (non-hydrogen) atoms. The Labute approximate surface area is 112 Å². The van der Waals surface area contributed by atoms with Gasteiger partial charge in [0.05, 0.1) is 11.9 Å². The third kappa shape index (κ3) is 3.91. The maximum atomic E-state index is 13.4. The minimum atomic E-state index is -0.538. The molecule has 1 aromatic heterocycles. The number of hydrogen-bond donors (Lipinski definition) is 1. The zero-order valence-corrected chi connectivity index (χ0v) is 11.6. The van der Waals surface area contributed by atoms with E-state index in [0.29, 0.717) is 5.82 Å². The Morgan fingerprint density at radius 3 is 2.63 bits per heavy atom. The van der Waals surface area contributed by atoms with Gasteiger partial charge in [0.2, 0.25) is 0 Å². The maximum Gasteiger partial charge on any atom is 0.259 e. The van der Waals surface area contributed by atoms with E-state index in [1.54, 1.807) is 37.1 Å². The highest BCUT2D eigenvalue weighted by atomic mass is 19.1. The minimum absolute atomic E-state index is 0.0238. The highest BCUT2D eigenvalue weighted by molar-refractivity contribution is 6.04. The van der Waals surface area contributed by atoms with Crippen LogP contribution < -0.4 is 5.32 Å². The summed E-state index contributed by atoms with van der Waals surface area (Å²) in [6.07, 6.45) is 3.20. The van der Waals surface area contributed by atoms with Gasteiger partial charge in [-0.3, -0.25) is 4.79 Å². The Kier molecular flexibility index (Phi) is 5.23. The van der Waals surface area contributed by atoms with E-state index in [1.165, 1.54) is 12.1 Å². The van der Waals surface area contributed by atoms with Crippen LogP contribution in [-0.4, -0.2) is 15.5 Å². The largest absolute Gasteiger partial charge is 0.338 e. The Balaban J connectivity index is 0.000000861. The summed E-state index contributed by atoms with van der Waals surface area (Å²) in [6.45, 7) is 5.80. The van der Waals surface area contributed by atoms with Crippen molar-refractivity contribution in [3.63, 3.8) is 0 Å². The van der Waals surface area contributed by atoms with Crippen LogP contribution >= 0.6 is 0 Å². The molecule has 102 valence electrons. The molecular weight excluding hydrogens is 245 g/mol. The van der Waals surface area contributed by atoms with Crippen molar-refractivity contribution in [1.29, 1.82) is 0 Å². The van der Waals surface area contributed by atoms with Gasteiger partial charge in [-0.2, -0.15) is 0 Å². The van der Waals surface area contributed by atoms with Crippen molar-refractivity contribution < 1.29 is 9.18 Å². The second-order valence-corrected chi connectivity index (χ2v) is 3.86. The highest BCUT2D eigenvalue weighted by Gasteiger charge is 2.12. The number of nitrogens with one attached hydrogen (secondary N) is 1. The third-order valence-electron chi connectivity index (χ3n) is 2.31. The van der Waals surface area contributed by atoms with E-state index < -0.39 is 11.7 Å². The molecule has 0 bridgehead atoms. The molecule has 0 saturated heterocycles. The highest BCUT2D eigenvalue weighted by Crippen LogP contribution is 2.12. The fourth-order valence-corrected chi connectivity index (χ4v) is 1.47. The number of carbonyl (C=O) groups is 1. The van der Waals surface area contributed by atoms with Gasteiger partial charge in [0, 0.05) is 13.2 Å². The summed E-state index contributed by atoms with van der Waals surface area (Å²) in [5, 5.41) is 2.54. The van der Waals surface area contributed by atoms with Gasteiger partial charge in [-0.25, -0.2) is 9.37 Å². The lowest BCUT2D eigenvalue weighted by Gasteiger charge is -2.04. The molecule has 0 aliphatic carbocycles. The van der Waals surface area contributed by atoms with Crippen molar-refractivity contribution in [1.82, 2.24) is 9.55 Å². The van der Waals surface area contributed by atoms with E-state index in [2.05, 4.69) is 10.3 Å². The van der Waals surface area contributed by atoms with Crippen LogP contribution in [0, 0.1) is 12.7 Å². The number of rotatable bonds is 2. The topological polar surface area (TPSA) is 46.9 Å². The number of hydrogen-bond acceptors (Lipinski definition) is 2. The lowest BCUT2D eigenvalue weighted by atomic mass is 10.1. The van der Waals surface area contributed by atoms with Crippen molar-refractivity contribution >= 4 is 11.7 Å².